The SMILES string of the molecule is COc1ccc(N=C(C)c2c3ccccc3cc3ccccc23)cc1. The fourth-order valence-electron chi connectivity index (χ4n) is 3.31. The molecular formula is C23H19NO. The van der Waals surface area contributed by atoms with Crippen molar-refractivity contribution in [1.82, 2.24) is 0 Å². The summed E-state index contributed by atoms with van der Waals surface area (Å²) in [5, 5.41) is 4.94. The van der Waals surface area contributed by atoms with Crippen LogP contribution in [0.5, 0.6) is 5.75 Å². The highest BCUT2D eigenvalue weighted by atomic mass is 16.5. The smallest absolute Gasteiger partial charge is 0.119 e. The molecule has 0 heterocycles. The zero-order valence-electron chi connectivity index (χ0n) is 14.4. The van der Waals surface area contributed by atoms with Crippen molar-refractivity contribution < 1.29 is 4.74 Å². The van der Waals surface area contributed by atoms with Crippen molar-refractivity contribution in [3.05, 3.63) is 84.4 Å². The van der Waals surface area contributed by atoms with Crippen LogP contribution < -0.4 is 4.74 Å². The first-order valence-electron chi connectivity index (χ1n) is 8.36. The van der Waals surface area contributed by atoms with Crippen LogP contribution >= 0.6 is 0 Å². The lowest BCUT2D eigenvalue weighted by molar-refractivity contribution is 0.415. The van der Waals surface area contributed by atoms with Crippen molar-refractivity contribution in [2.24, 2.45) is 4.99 Å². The minimum atomic E-state index is 0.840. The van der Waals surface area contributed by atoms with E-state index in [-0.39, 0.29) is 0 Å². The van der Waals surface area contributed by atoms with Gasteiger partial charge in [-0.2, -0.15) is 0 Å². The Morgan fingerprint density at radius 3 is 1.88 bits per heavy atom. The zero-order valence-corrected chi connectivity index (χ0v) is 14.4. The van der Waals surface area contributed by atoms with E-state index in [9.17, 15) is 0 Å². The standard InChI is InChI=1S/C23H19NO/c1-16(24-19-11-13-20(25-2)14-12-19)23-21-9-5-3-7-17(21)15-18-8-4-6-10-22(18)23/h3-15H,1-2H3. The third-order valence-corrected chi connectivity index (χ3v) is 4.50. The molecule has 25 heavy (non-hydrogen) atoms. The highest BCUT2D eigenvalue weighted by Crippen LogP contribution is 2.30. The maximum atomic E-state index is 5.23. The Bertz CT molecular complexity index is 1020. The number of hydrogen-bond donors (Lipinski definition) is 0. The second-order valence-corrected chi connectivity index (χ2v) is 6.09. The van der Waals surface area contributed by atoms with Gasteiger partial charge in [0, 0.05) is 11.3 Å². The molecular weight excluding hydrogens is 306 g/mol. The lowest BCUT2D eigenvalue weighted by Gasteiger charge is -2.11. The van der Waals surface area contributed by atoms with Crippen LogP contribution in [0.2, 0.25) is 0 Å². The van der Waals surface area contributed by atoms with Gasteiger partial charge in [-0.05, 0) is 58.8 Å². The van der Waals surface area contributed by atoms with E-state index in [4.69, 9.17) is 9.73 Å². The summed E-state index contributed by atoms with van der Waals surface area (Å²) in [7, 11) is 1.67. The van der Waals surface area contributed by atoms with Gasteiger partial charge >= 0.3 is 0 Å². The van der Waals surface area contributed by atoms with Crippen LogP contribution in [0.25, 0.3) is 21.5 Å². The predicted molar refractivity (Wildman–Crippen MR) is 106 cm³/mol. The molecule has 4 aromatic rings. The van der Waals surface area contributed by atoms with Gasteiger partial charge in [0.15, 0.2) is 0 Å². The molecule has 2 nitrogen and oxygen atoms in total. The number of benzene rings is 4. The van der Waals surface area contributed by atoms with Crippen molar-refractivity contribution in [3.63, 3.8) is 0 Å². The minimum Gasteiger partial charge on any atom is -0.497 e. The molecule has 0 aliphatic carbocycles. The predicted octanol–water partition coefficient (Wildman–Crippen LogP) is 6.14. The molecule has 0 fully saturated rings. The molecule has 4 rings (SSSR count). The Balaban J connectivity index is 1.94. The van der Waals surface area contributed by atoms with E-state index in [1.807, 2.05) is 24.3 Å². The van der Waals surface area contributed by atoms with Crippen LogP contribution in [0.3, 0.4) is 0 Å². The second-order valence-electron chi connectivity index (χ2n) is 6.09. The Labute approximate surface area is 147 Å². The summed E-state index contributed by atoms with van der Waals surface area (Å²) >= 11 is 0. The molecule has 0 aliphatic rings. The Morgan fingerprint density at radius 2 is 1.32 bits per heavy atom. The number of ether oxygens (including phenoxy) is 1. The fraction of sp³-hybridized carbons (Fsp3) is 0.0870. The molecule has 0 aliphatic heterocycles. The number of rotatable bonds is 3. The normalized spacial score (nSPS) is 11.8. The number of nitrogens with zero attached hydrogens (tertiary/aromatic N) is 1. The minimum absolute atomic E-state index is 0.840. The summed E-state index contributed by atoms with van der Waals surface area (Å²) in [6.45, 7) is 2.08. The molecule has 0 aromatic heterocycles. The second kappa shape index (κ2) is 6.40. The molecule has 122 valence electrons. The van der Waals surface area contributed by atoms with Crippen molar-refractivity contribution in [2.75, 3.05) is 7.11 Å². The lowest BCUT2D eigenvalue weighted by Crippen LogP contribution is -1.98. The van der Waals surface area contributed by atoms with Gasteiger partial charge in [-0.1, -0.05) is 48.5 Å². The number of fused-ring (bicyclic) bond motifs is 2. The quantitative estimate of drug-likeness (QED) is 0.327. The Kier molecular flexibility index (Phi) is 3.95. The van der Waals surface area contributed by atoms with Crippen LogP contribution in [0.4, 0.5) is 5.69 Å². The molecule has 2 heteroatoms. The summed E-state index contributed by atoms with van der Waals surface area (Å²) in [5.41, 5.74) is 3.14. The highest BCUT2D eigenvalue weighted by Gasteiger charge is 2.10. The summed E-state index contributed by atoms with van der Waals surface area (Å²) < 4.78 is 5.23. The fourth-order valence-corrected chi connectivity index (χ4v) is 3.31. The van der Waals surface area contributed by atoms with Crippen molar-refractivity contribution in [1.29, 1.82) is 0 Å². The molecule has 0 bridgehead atoms. The van der Waals surface area contributed by atoms with E-state index in [0.29, 0.717) is 0 Å². The lowest BCUT2D eigenvalue weighted by atomic mass is 9.94. The zero-order chi connectivity index (χ0) is 17.2. The summed E-state index contributed by atoms with van der Waals surface area (Å²) in [5.74, 6) is 0.840. The van der Waals surface area contributed by atoms with Gasteiger partial charge in [0.1, 0.15) is 5.75 Å². The Morgan fingerprint density at radius 1 is 0.760 bits per heavy atom. The van der Waals surface area contributed by atoms with Crippen molar-refractivity contribution >= 4 is 32.9 Å². The third kappa shape index (κ3) is 2.87. The molecule has 0 radical (unpaired) electrons. The van der Waals surface area contributed by atoms with Gasteiger partial charge in [-0.15, -0.1) is 0 Å². The van der Waals surface area contributed by atoms with Gasteiger partial charge in [0.25, 0.3) is 0 Å². The third-order valence-electron chi connectivity index (χ3n) is 4.50. The largest absolute Gasteiger partial charge is 0.497 e. The summed E-state index contributed by atoms with van der Waals surface area (Å²) in [6.07, 6.45) is 0. The summed E-state index contributed by atoms with van der Waals surface area (Å²) in [4.78, 5) is 4.87. The number of aliphatic imine (C=N–C) groups is 1. The number of hydrogen-bond acceptors (Lipinski definition) is 2. The van der Waals surface area contributed by atoms with Gasteiger partial charge in [-0.25, -0.2) is 0 Å². The van der Waals surface area contributed by atoms with Gasteiger partial charge in [0.05, 0.1) is 12.8 Å². The van der Waals surface area contributed by atoms with Crippen LogP contribution in [-0.4, -0.2) is 12.8 Å². The van der Waals surface area contributed by atoms with E-state index in [1.54, 1.807) is 7.11 Å². The first kappa shape index (κ1) is 15.4. The first-order chi connectivity index (χ1) is 12.3. The van der Waals surface area contributed by atoms with E-state index in [0.717, 1.165) is 17.1 Å². The van der Waals surface area contributed by atoms with Crippen LogP contribution in [0.15, 0.2) is 83.9 Å². The topological polar surface area (TPSA) is 21.6 Å². The van der Waals surface area contributed by atoms with Crippen molar-refractivity contribution in [2.45, 2.75) is 6.92 Å². The van der Waals surface area contributed by atoms with Gasteiger partial charge in [-0.3, -0.25) is 4.99 Å². The average molecular weight is 325 g/mol. The van der Waals surface area contributed by atoms with Gasteiger partial charge in [0.2, 0.25) is 0 Å². The maximum absolute atomic E-state index is 5.23. The van der Waals surface area contributed by atoms with Crippen LogP contribution in [0.1, 0.15) is 12.5 Å². The molecule has 0 atom stereocenters. The maximum Gasteiger partial charge on any atom is 0.119 e. The molecule has 0 unspecified atom stereocenters. The molecule has 4 aromatic carbocycles. The van der Waals surface area contributed by atoms with E-state index >= 15 is 0 Å². The van der Waals surface area contributed by atoms with Crippen LogP contribution in [-0.2, 0) is 0 Å². The summed E-state index contributed by atoms with van der Waals surface area (Å²) in [6, 6.07) is 27.1. The molecule has 0 N–H and O–H groups in total. The number of methoxy groups -OCH3 is 1. The van der Waals surface area contributed by atoms with Crippen LogP contribution in [0, 0.1) is 0 Å². The van der Waals surface area contributed by atoms with E-state index in [1.165, 1.54) is 27.1 Å². The molecule has 0 saturated carbocycles. The average Bonchev–Trinajstić information content (AvgIpc) is 2.66. The monoisotopic (exact) mass is 325 g/mol. The first-order valence-corrected chi connectivity index (χ1v) is 8.36. The molecule has 0 amide bonds. The Hall–Kier alpha value is -3.13. The molecule has 0 saturated heterocycles. The highest BCUT2D eigenvalue weighted by molar-refractivity contribution is 6.20. The van der Waals surface area contributed by atoms with E-state index in [2.05, 4.69) is 61.5 Å². The molecule has 0 spiro atoms. The van der Waals surface area contributed by atoms with E-state index < -0.39 is 0 Å². The van der Waals surface area contributed by atoms with Gasteiger partial charge < -0.3 is 4.74 Å². The van der Waals surface area contributed by atoms with Crippen molar-refractivity contribution in [3.8, 4) is 5.75 Å².